The highest BCUT2D eigenvalue weighted by Gasteiger charge is 2.41. The molecule has 3 aliphatic carbocycles. The molecule has 0 amide bonds. The molecule has 9 heteroatoms. The molecule has 4 aromatic rings. The van der Waals surface area contributed by atoms with Crippen LogP contribution in [0.2, 0.25) is 5.15 Å². The SMILES string of the molecule is C[C@H]1C2CCC(CC2)[C@@H]1Nc1nc(-c2c[nH]c3nc(Cl)cnc23)nc(-c2cccs2)c1F. The predicted octanol–water partition coefficient (Wildman–Crippen LogP) is 6.17. The Kier molecular flexibility index (Phi) is 4.87. The van der Waals surface area contributed by atoms with E-state index in [0.717, 1.165) is 4.88 Å². The standard InChI is InChI=1S/C23H22ClFN6S/c1-11-12-4-6-13(7-5-12)18(11)29-22-17(25)20(15-3-2-8-32-15)30-21(31-22)14-9-27-23-19(14)26-10-16(24)28-23/h2-3,8-13,18H,4-7H2,1H3,(H,27,28)(H,29,30,31)/t11-,12?,13?,18+/m0/s1. The lowest BCUT2D eigenvalue weighted by atomic mass is 9.62. The van der Waals surface area contributed by atoms with Crippen LogP contribution in [0.1, 0.15) is 32.6 Å². The molecule has 7 rings (SSSR count). The van der Waals surface area contributed by atoms with E-state index in [4.69, 9.17) is 11.6 Å². The molecule has 4 aromatic heterocycles. The molecule has 0 spiro atoms. The summed E-state index contributed by atoms with van der Waals surface area (Å²) in [6.45, 7) is 2.28. The Hall–Kier alpha value is -2.58. The number of rotatable bonds is 4. The van der Waals surface area contributed by atoms with Gasteiger partial charge in [0.2, 0.25) is 0 Å². The lowest BCUT2D eigenvalue weighted by Crippen LogP contribution is -2.47. The zero-order valence-electron chi connectivity index (χ0n) is 17.5. The average Bonchev–Trinajstić information content (AvgIpc) is 3.48. The third-order valence-corrected chi connectivity index (χ3v) is 8.19. The third kappa shape index (κ3) is 3.28. The molecule has 2 atom stereocenters. The number of halogens is 2. The van der Waals surface area contributed by atoms with Crippen molar-refractivity contribution in [2.24, 2.45) is 17.8 Å². The van der Waals surface area contributed by atoms with Crippen molar-refractivity contribution in [3.63, 3.8) is 0 Å². The Balaban J connectivity index is 1.47. The van der Waals surface area contributed by atoms with Crippen LogP contribution in [0.25, 0.3) is 33.1 Å². The van der Waals surface area contributed by atoms with E-state index in [2.05, 4.69) is 37.2 Å². The maximum Gasteiger partial charge on any atom is 0.192 e. The number of H-pyrrole nitrogens is 1. The van der Waals surface area contributed by atoms with Crippen molar-refractivity contribution >= 4 is 39.9 Å². The lowest BCUT2D eigenvalue weighted by molar-refractivity contribution is 0.0926. The van der Waals surface area contributed by atoms with Crippen LogP contribution in [0, 0.1) is 23.6 Å². The van der Waals surface area contributed by atoms with Crippen molar-refractivity contribution < 1.29 is 4.39 Å². The monoisotopic (exact) mass is 468 g/mol. The smallest absolute Gasteiger partial charge is 0.192 e. The zero-order chi connectivity index (χ0) is 21.8. The number of nitrogens with zero attached hydrogens (tertiary/aromatic N) is 4. The number of fused-ring (bicyclic) bond motifs is 4. The molecule has 0 radical (unpaired) electrons. The fourth-order valence-electron chi connectivity index (χ4n) is 5.44. The summed E-state index contributed by atoms with van der Waals surface area (Å²) < 4.78 is 15.7. The number of aromatic nitrogens is 5. The van der Waals surface area contributed by atoms with Crippen LogP contribution in [0.5, 0.6) is 0 Å². The molecule has 32 heavy (non-hydrogen) atoms. The van der Waals surface area contributed by atoms with Crippen molar-refractivity contribution in [1.82, 2.24) is 24.9 Å². The van der Waals surface area contributed by atoms with Crippen LogP contribution in [0.3, 0.4) is 0 Å². The van der Waals surface area contributed by atoms with E-state index in [1.165, 1.54) is 43.2 Å². The van der Waals surface area contributed by atoms with Gasteiger partial charge in [-0.15, -0.1) is 11.3 Å². The number of anilines is 1. The Labute approximate surface area is 193 Å². The van der Waals surface area contributed by atoms with E-state index < -0.39 is 5.82 Å². The maximum atomic E-state index is 15.7. The van der Waals surface area contributed by atoms with Gasteiger partial charge in [-0.2, -0.15) is 0 Å². The molecule has 0 aromatic carbocycles. The van der Waals surface area contributed by atoms with Crippen LogP contribution in [-0.2, 0) is 0 Å². The van der Waals surface area contributed by atoms with Gasteiger partial charge >= 0.3 is 0 Å². The van der Waals surface area contributed by atoms with E-state index in [-0.39, 0.29) is 11.9 Å². The van der Waals surface area contributed by atoms with E-state index in [1.54, 1.807) is 6.20 Å². The summed E-state index contributed by atoms with van der Waals surface area (Å²) in [4.78, 5) is 21.8. The van der Waals surface area contributed by atoms with E-state index in [9.17, 15) is 0 Å². The van der Waals surface area contributed by atoms with Gasteiger partial charge in [0.05, 0.1) is 16.6 Å². The predicted molar refractivity (Wildman–Crippen MR) is 125 cm³/mol. The Morgan fingerprint density at radius 1 is 1.16 bits per heavy atom. The molecular weight excluding hydrogens is 447 g/mol. The Morgan fingerprint density at radius 2 is 1.97 bits per heavy atom. The van der Waals surface area contributed by atoms with Crippen LogP contribution >= 0.6 is 22.9 Å². The van der Waals surface area contributed by atoms with Crippen LogP contribution < -0.4 is 5.32 Å². The number of thiophene rings is 1. The molecule has 0 saturated heterocycles. The molecule has 2 N–H and O–H groups in total. The largest absolute Gasteiger partial charge is 0.364 e. The van der Waals surface area contributed by atoms with Crippen molar-refractivity contribution in [1.29, 1.82) is 0 Å². The molecule has 6 nitrogen and oxygen atoms in total. The fourth-order valence-corrected chi connectivity index (χ4v) is 6.29. The van der Waals surface area contributed by atoms with Crippen LogP contribution in [-0.4, -0.2) is 31.0 Å². The second kappa shape index (κ2) is 7.78. The summed E-state index contributed by atoms with van der Waals surface area (Å²) >= 11 is 7.44. The van der Waals surface area contributed by atoms with E-state index in [1.807, 2.05) is 17.5 Å². The first-order valence-corrected chi connectivity index (χ1v) is 12.2. The number of aromatic amines is 1. The summed E-state index contributed by atoms with van der Waals surface area (Å²) in [5.41, 5.74) is 2.13. The van der Waals surface area contributed by atoms with Gasteiger partial charge < -0.3 is 10.3 Å². The van der Waals surface area contributed by atoms with Gasteiger partial charge in [-0.1, -0.05) is 24.6 Å². The molecule has 3 saturated carbocycles. The second-order valence-corrected chi connectivity index (χ2v) is 10.2. The minimum Gasteiger partial charge on any atom is -0.364 e. The third-order valence-electron chi connectivity index (χ3n) is 7.14. The first-order chi connectivity index (χ1) is 15.6. The fraction of sp³-hybridized carbons (Fsp3) is 0.391. The van der Waals surface area contributed by atoms with Crippen molar-refractivity contribution in [2.45, 2.75) is 38.6 Å². The van der Waals surface area contributed by atoms with Crippen molar-refractivity contribution in [3.05, 3.63) is 40.9 Å². The number of nitrogens with one attached hydrogen (secondary N) is 2. The topological polar surface area (TPSA) is 79.4 Å². The van der Waals surface area contributed by atoms with E-state index >= 15 is 4.39 Å². The number of hydrogen-bond donors (Lipinski definition) is 2. The lowest BCUT2D eigenvalue weighted by Gasteiger charge is -2.47. The molecular formula is C23H22ClFN6S. The highest BCUT2D eigenvalue weighted by Crippen LogP contribution is 2.46. The normalized spacial score (nSPS) is 24.8. The second-order valence-electron chi connectivity index (χ2n) is 8.83. The van der Waals surface area contributed by atoms with Crippen molar-refractivity contribution in [2.75, 3.05) is 5.32 Å². The first-order valence-electron chi connectivity index (χ1n) is 11.0. The quantitative estimate of drug-likeness (QED) is 0.374. The highest BCUT2D eigenvalue weighted by molar-refractivity contribution is 7.13. The average molecular weight is 469 g/mol. The molecule has 0 aliphatic heterocycles. The highest BCUT2D eigenvalue weighted by atomic mass is 35.5. The van der Waals surface area contributed by atoms with E-state index in [0.29, 0.717) is 51.2 Å². The molecule has 2 bridgehead atoms. The minimum absolute atomic E-state index is 0.220. The van der Waals surface area contributed by atoms with Crippen LogP contribution in [0.4, 0.5) is 10.2 Å². The van der Waals surface area contributed by atoms with Gasteiger partial charge in [0, 0.05) is 12.2 Å². The summed E-state index contributed by atoms with van der Waals surface area (Å²) in [5, 5.41) is 5.72. The summed E-state index contributed by atoms with van der Waals surface area (Å²) in [6, 6.07) is 4.00. The van der Waals surface area contributed by atoms with Gasteiger partial charge in [-0.3, -0.25) is 0 Å². The summed E-state index contributed by atoms with van der Waals surface area (Å²) in [7, 11) is 0. The van der Waals surface area contributed by atoms with Gasteiger partial charge in [0.1, 0.15) is 16.4 Å². The molecule has 0 unspecified atom stereocenters. The molecule has 3 aliphatic rings. The zero-order valence-corrected chi connectivity index (χ0v) is 19.1. The summed E-state index contributed by atoms with van der Waals surface area (Å²) in [5.74, 6) is 2.02. The first kappa shape index (κ1) is 20.1. The Bertz CT molecular complexity index is 1280. The summed E-state index contributed by atoms with van der Waals surface area (Å²) in [6.07, 6.45) is 8.19. The molecule has 3 fully saturated rings. The van der Waals surface area contributed by atoms with Gasteiger partial charge in [0.25, 0.3) is 0 Å². The van der Waals surface area contributed by atoms with Crippen LogP contribution in [0.15, 0.2) is 29.9 Å². The molecule has 4 heterocycles. The molecule has 164 valence electrons. The number of hydrogen-bond acceptors (Lipinski definition) is 6. The minimum atomic E-state index is -0.404. The van der Waals surface area contributed by atoms with Gasteiger partial charge in [-0.25, -0.2) is 24.3 Å². The maximum absolute atomic E-state index is 15.7. The Morgan fingerprint density at radius 3 is 2.72 bits per heavy atom. The van der Waals surface area contributed by atoms with Crippen molar-refractivity contribution in [3.8, 4) is 22.0 Å². The van der Waals surface area contributed by atoms with Gasteiger partial charge in [-0.05, 0) is 54.9 Å². The van der Waals surface area contributed by atoms with Gasteiger partial charge in [0.15, 0.2) is 23.1 Å².